The molecule has 7 nitrogen and oxygen atoms in total. The van der Waals surface area contributed by atoms with Gasteiger partial charge in [-0.3, -0.25) is 9.48 Å². The van der Waals surface area contributed by atoms with Crippen LogP contribution in [0.15, 0.2) is 18.5 Å². The molecule has 2 aliphatic heterocycles. The van der Waals surface area contributed by atoms with E-state index in [0.717, 1.165) is 10.9 Å². The van der Waals surface area contributed by atoms with Gasteiger partial charge in [-0.05, 0) is 6.07 Å². The first-order valence-corrected chi connectivity index (χ1v) is 9.63. The summed E-state index contributed by atoms with van der Waals surface area (Å²) in [5.74, 6) is -3.81. The van der Waals surface area contributed by atoms with Crippen LogP contribution >= 0.6 is 11.6 Å². The van der Waals surface area contributed by atoms with Crippen molar-refractivity contribution >= 4 is 23.3 Å². The lowest BCUT2D eigenvalue weighted by Crippen LogP contribution is -2.41. The Balaban J connectivity index is 1.68. The SMILES string of the molecule is Cn1cc(C2C3OC(CC3O)C2C(=O)Nc2cc(C(F)(F)F)c(Cl)cn2)c(C(F)(F)F)n1. The summed E-state index contributed by atoms with van der Waals surface area (Å²) < 4.78 is 86.3. The fourth-order valence-electron chi connectivity index (χ4n) is 4.32. The molecule has 14 heteroatoms. The molecule has 2 bridgehead atoms. The van der Waals surface area contributed by atoms with Gasteiger partial charge in [0, 0.05) is 37.3 Å². The molecule has 0 aromatic carbocycles. The maximum Gasteiger partial charge on any atom is 0.435 e. The number of ether oxygens (including phenoxy) is 1. The lowest BCUT2D eigenvalue weighted by molar-refractivity contribution is -0.143. The zero-order valence-electron chi connectivity index (χ0n) is 16.1. The second kappa shape index (κ2) is 7.59. The molecule has 174 valence electrons. The third-order valence-corrected chi connectivity index (χ3v) is 5.83. The molecule has 2 aromatic heterocycles. The lowest BCUT2D eigenvalue weighted by atomic mass is 9.74. The van der Waals surface area contributed by atoms with E-state index in [9.17, 15) is 36.2 Å². The summed E-state index contributed by atoms with van der Waals surface area (Å²) in [6, 6.07) is 0.531. The van der Waals surface area contributed by atoms with E-state index < -0.39 is 70.5 Å². The molecule has 1 amide bonds. The van der Waals surface area contributed by atoms with E-state index in [2.05, 4.69) is 15.4 Å². The summed E-state index contributed by atoms with van der Waals surface area (Å²) in [5.41, 5.74) is -2.80. The number of amides is 1. The summed E-state index contributed by atoms with van der Waals surface area (Å²) in [7, 11) is 1.27. The van der Waals surface area contributed by atoms with Crippen LogP contribution in [-0.2, 0) is 28.9 Å². The monoisotopic (exact) mass is 484 g/mol. The normalized spacial score (nSPS) is 27.7. The largest absolute Gasteiger partial charge is 0.435 e. The molecule has 2 aliphatic rings. The van der Waals surface area contributed by atoms with Crippen LogP contribution in [0, 0.1) is 5.92 Å². The van der Waals surface area contributed by atoms with Gasteiger partial charge in [0.25, 0.3) is 0 Å². The van der Waals surface area contributed by atoms with Gasteiger partial charge in [-0.15, -0.1) is 0 Å². The van der Waals surface area contributed by atoms with E-state index in [0.29, 0.717) is 12.3 Å². The van der Waals surface area contributed by atoms with Crippen molar-refractivity contribution in [1.29, 1.82) is 0 Å². The standard InChI is InChI=1S/C18H15ClF6N4O3/c1-29-5-6(15(28-29)18(23,24)25)12-13(10-3-9(30)14(12)32-10)16(31)27-11-2-7(17(20,21)22)8(19)4-26-11/h2,4-5,9-10,12-14,30H,3H2,1H3,(H,26,27,31). The number of hydrogen-bond donors (Lipinski definition) is 2. The minimum absolute atomic E-state index is 0.0112. The molecule has 2 saturated heterocycles. The molecule has 2 N–H and O–H groups in total. The average molecular weight is 485 g/mol. The Bertz CT molecular complexity index is 1060. The Morgan fingerprint density at radius 3 is 2.59 bits per heavy atom. The van der Waals surface area contributed by atoms with Crippen molar-refractivity contribution in [3.63, 3.8) is 0 Å². The van der Waals surface area contributed by atoms with E-state index in [-0.39, 0.29) is 12.0 Å². The van der Waals surface area contributed by atoms with Crippen molar-refractivity contribution in [2.24, 2.45) is 13.0 Å². The number of pyridine rings is 1. The number of aryl methyl sites for hydroxylation is 1. The van der Waals surface area contributed by atoms with E-state index in [1.54, 1.807) is 0 Å². The average Bonchev–Trinajstić information content (AvgIpc) is 3.33. The topological polar surface area (TPSA) is 89.3 Å². The van der Waals surface area contributed by atoms with Crippen LogP contribution in [0.25, 0.3) is 0 Å². The minimum atomic E-state index is -4.83. The van der Waals surface area contributed by atoms with Gasteiger partial charge >= 0.3 is 12.4 Å². The lowest BCUT2D eigenvalue weighted by Gasteiger charge is -2.30. The van der Waals surface area contributed by atoms with Gasteiger partial charge in [0.05, 0.1) is 34.8 Å². The van der Waals surface area contributed by atoms with Crippen molar-refractivity contribution in [2.75, 3.05) is 5.32 Å². The molecule has 0 saturated carbocycles. The predicted octanol–water partition coefficient (Wildman–Crippen LogP) is 3.38. The van der Waals surface area contributed by atoms with Crippen LogP contribution in [0.5, 0.6) is 0 Å². The van der Waals surface area contributed by atoms with Gasteiger partial charge in [0.1, 0.15) is 5.82 Å². The van der Waals surface area contributed by atoms with Crippen molar-refractivity contribution < 1.29 is 41.0 Å². The first-order valence-electron chi connectivity index (χ1n) is 9.25. The summed E-state index contributed by atoms with van der Waals surface area (Å²) >= 11 is 5.52. The molecular weight excluding hydrogens is 470 g/mol. The number of aliphatic hydroxyl groups is 1. The summed E-state index contributed by atoms with van der Waals surface area (Å²) in [6.45, 7) is 0. The molecule has 5 atom stereocenters. The number of alkyl halides is 6. The van der Waals surface area contributed by atoms with Crippen LogP contribution < -0.4 is 5.32 Å². The maximum atomic E-state index is 13.5. The molecule has 2 aromatic rings. The first-order chi connectivity index (χ1) is 14.8. The van der Waals surface area contributed by atoms with Gasteiger partial charge in [-0.2, -0.15) is 31.4 Å². The van der Waals surface area contributed by atoms with Crippen molar-refractivity contribution in [3.8, 4) is 0 Å². The number of aliphatic hydroxyl groups excluding tert-OH is 1. The zero-order chi connectivity index (χ0) is 23.6. The molecule has 0 radical (unpaired) electrons. The number of hydrogen-bond acceptors (Lipinski definition) is 5. The predicted molar refractivity (Wildman–Crippen MR) is 96.6 cm³/mol. The molecular formula is C18H15ClF6N4O3. The second-order valence-electron chi connectivity index (χ2n) is 7.63. The molecule has 0 aliphatic carbocycles. The number of anilines is 1. The van der Waals surface area contributed by atoms with Crippen molar-refractivity contribution in [1.82, 2.24) is 14.8 Å². The quantitative estimate of drug-likeness (QED) is 0.652. The van der Waals surface area contributed by atoms with Crippen LogP contribution in [-0.4, -0.2) is 44.1 Å². The maximum absolute atomic E-state index is 13.5. The van der Waals surface area contributed by atoms with E-state index in [1.807, 2.05) is 0 Å². The van der Waals surface area contributed by atoms with Crippen LogP contribution in [0.1, 0.15) is 29.2 Å². The van der Waals surface area contributed by atoms with Crippen molar-refractivity contribution in [2.45, 2.75) is 43.0 Å². The fraction of sp³-hybridized carbons (Fsp3) is 0.500. The van der Waals surface area contributed by atoms with Crippen LogP contribution in [0.4, 0.5) is 32.2 Å². The van der Waals surface area contributed by atoms with Gasteiger partial charge in [0.15, 0.2) is 5.69 Å². The van der Waals surface area contributed by atoms with E-state index in [1.165, 1.54) is 7.05 Å². The number of carbonyl (C=O) groups excluding carboxylic acids is 1. The smallest absolute Gasteiger partial charge is 0.390 e. The van der Waals surface area contributed by atoms with Gasteiger partial charge in [-0.1, -0.05) is 11.6 Å². The Morgan fingerprint density at radius 2 is 1.97 bits per heavy atom. The highest BCUT2D eigenvalue weighted by Crippen LogP contribution is 2.51. The molecule has 0 spiro atoms. The highest BCUT2D eigenvalue weighted by atomic mass is 35.5. The number of nitrogens with zero attached hydrogens (tertiary/aromatic N) is 3. The van der Waals surface area contributed by atoms with Crippen LogP contribution in [0.2, 0.25) is 5.02 Å². The number of rotatable bonds is 3. The molecule has 2 fully saturated rings. The highest BCUT2D eigenvalue weighted by molar-refractivity contribution is 6.31. The number of halogens is 7. The third kappa shape index (κ3) is 3.92. The van der Waals surface area contributed by atoms with E-state index >= 15 is 0 Å². The van der Waals surface area contributed by atoms with Crippen molar-refractivity contribution in [3.05, 3.63) is 40.3 Å². The molecule has 32 heavy (non-hydrogen) atoms. The van der Waals surface area contributed by atoms with E-state index in [4.69, 9.17) is 16.3 Å². The molecule has 4 heterocycles. The highest BCUT2D eigenvalue weighted by Gasteiger charge is 2.59. The van der Waals surface area contributed by atoms with Gasteiger partial charge in [-0.25, -0.2) is 4.98 Å². The van der Waals surface area contributed by atoms with Gasteiger partial charge in [0.2, 0.25) is 5.91 Å². The Labute approximate surface area is 181 Å². The Kier molecular flexibility index (Phi) is 5.41. The zero-order valence-corrected chi connectivity index (χ0v) is 16.8. The summed E-state index contributed by atoms with van der Waals surface area (Å²) in [4.78, 5) is 16.6. The minimum Gasteiger partial charge on any atom is -0.390 e. The summed E-state index contributed by atoms with van der Waals surface area (Å²) in [6.07, 6.45) is -11.0. The fourth-order valence-corrected chi connectivity index (χ4v) is 4.53. The van der Waals surface area contributed by atoms with Crippen LogP contribution in [0.3, 0.4) is 0 Å². The van der Waals surface area contributed by atoms with Gasteiger partial charge < -0.3 is 15.2 Å². The number of carbonyl (C=O) groups is 1. The molecule has 5 unspecified atom stereocenters. The Morgan fingerprint density at radius 1 is 1.28 bits per heavy atom. The molecule has 4 rings (SSSR count). The number of aromatic nitrogens is 3. The number of nitrogens with one attached hydrogen (secondary N) is 1. The number of fused-ring (bicyclic) bond motifs is 2. The summed E-state index contributed by atoms with van der Waals surface area (Å²) in [5, 5.41) is 15.1. The third-order valence-electron chi connectivity index (χ3n) is 5.53. The second-order valence-corrected chi connectivity index (χ2v) is 8.04. The Hall–Kier alpha value is -2.38. The first kappa shape index (κ1) is 22.8.